The molecule has 0 bridgehead atoms. The van der Waals surface area contributed by atoms with Crippen LogP contribution in [0.3, 0.4) is 0 Å². The van der Waals surface area contributed by atoms with Crippen LogP contribution < -0.4 is 4.72 Å². The first-order valence-electron chi connectivity index (χ1n) is 3.25. The zero-order valence-electron chi connectivity index (χ0n) is 6.12. The van der Waals surface area contributed by atoms with Crippen molar-refractivity contribution in [2.75, 3.05) is 0 Å². The molecule has 1 atom stereocenters. The SMILES string of the molecule is O=S([O-])NCc1cccc(Cl)c1. The van der Waals surface area contributed by atoms with E-state index in [0.717, 1.165) is 5.56 Å². The van der Waals surface area contributed by atoms with E-state index in [1.807, 2.05) is 0 Å². The van der Waals surface area contributed by atoms with Crippen molar-refractivity contribution in [3.8, 4) is 0 Å². The molecule has 0 saturated carbocycles. The van der Waals surface area contributed by atoms with Gasteiger partial charge < -0.3 is 4.55 Å². The molecule has 5 heteroatoms. The van der Waals surface area contributed by atoms with Crippen LogP contribution in [0, 0.1) is 0 Å². The Labute approximate surface area is 78.2 Å². The fraction of sp³-hybridized carbons (Fsp3) is 0.143. The highest BCUT2D eigenvalue weighted by atomic mass is 35.5. The lowest BCUT2D eigenvalue weighted by molar-refractivity contribution is 0.522. The minimum Gasteiger partial charge on any atom is -0.760 e. The maximum atomic E-state index is 10.1. The highest BCUT2D eigenvalue weighted by Crippen LogP contribution is 2.09. The third-order valence-electron chi connectivity index (χ3n) is 1.28. The van der Waals surface area contributed by atoms with Gasteiger partial charge in [0.05, 0.1) is 0 Å². The molecule has 1 unspecified atom stereocenters. The average molecular weight is 205 g/mol. The Bertz CT molecular complexity index is 292. The van der Waals surface area contributed by atoms with Crippen molar-refractivity contribution in [1.82, 2.24) is 4.72 Å². The first-order valence-corrected chi connectivity index (χ1v) is 4.71. The van der Waals surface area contributed by atoms with Gasteiger partial charge in [0.15, 0.2) is 0 Å². The molecule has 12 heavy (non-hydrogen) atoms. The minimum atomic E-state index is -2.22. The number of nitrogens with one attached hydrogen (secondary N) is 1. The topological polar surface area (TPSA) is 52.2 Å². The molecule has 3 nitrogen and oxygen atoms in total. The van der Waals surface area contributed by atoms with Crippen molar-refractivity contribution in [1.29, 1.82) is 0 Å². The van der Waals surface area contributed by atoms with Gasteiger partial charge in [-0.05, 0) is 17.7 Å². The second-order valence-electron chi connectivity index (χ2n) is 2.19. The summed E-state index contributed by atoms with van der Waals surface area (Å²) in [5.74, 6) is 0. The first-order chi connectivity index (χ1) is 5.68. The van der Waals surface area contributed by atoms with E-state index < -0.39 is 11.3 Å². The number of rotatable bonds is 3. The van der Waals surface area contributed by atoms with Gasteiger partial charge in [-0.15, -0.1) is 0 Å². The Morgan fingerprint density at radius 3 is 2.92 bits per heavy atom. The lowest BCUT2D eigenvalue weighted by Gasteiger charge is -2.06. The minimum absolute atomic E-state index is 0.274. The van der Waals surface area contributed by atoms with Crippen molar-refractivity contribution in [2.24, 2.45) is 0 Å². The molecule has 0 aliphatic carbocycles. The number of benzene rings is 1. The smallest absolute Gasteiger partial charge is 0.0409 e. The molecule has 0 aliphatic rings. The van der Waals surface area contributed by atoms with E-state index in [1.165, 1.54) is 0 Å². The van der Waals surface area contributed by atoms with Gasteiger partial charge in [0, 0.05) is 22.8 Å². The Morgan fingerprint density at radius 2 is 2.33 bits per heavy atom. The number of hydrogen-bond acceptors (Lipinski definition) is 2. The summed E-state index contributed by atoms with van der Waals surface area (Å²) in [6, 6.07) is 7.01. The van der Waals surface area contributed by atoms with E-state index in [-0.39, 0.29) is 6.54 Å². The van der Waals surface area contributed by atoms with E-state index in [2.05, 4.69) is 4.72 Å². The Kier molecular flexibility index (Phi) is 3.68. The van der Waals surface area contributed by atoms with Gasteiger partial charge in [-0.3, -0.25) is 4.21 Å². The van der Waals surface area contributed by atoms with Crippen LogP contribution in [0.1, 0.15) is 5.56 Å². The van der Waals surface area contributed by atoms with Crippen molar-refractivity contribution in [3.63, 3.8) is 0 Å². The molecule has 0 saturated heterocycles. The van der Waals surface area contributed by atoms with E-state index in [9.17, 15) is 8.76 Å². The summed E-state index contributed by atoms with van der Waals surface area (Å²) in [6.45, 7) is 0.274. The van der Waals surface area contributed by atoms with Crippen molar-refractivity contribution < 1.29 is 8.76 Å². The monoisotopic (exact) mass is 204 g/mol. The highest BCUT2D eigenvalue weighted by molar-refractivity contribution is 7.77. The van der Waals surface area contributed by atoms with Crippen LogP contribution in [0.2, 0.25) is 5.02 Å². The summed E-state index contributed by atoms with van der Waals surface area (Å²) in [5.41, 5.74) is 0.840. The van der Waals surface area contributed by atoms with E-state index >= 15 is 0 Å². The first kappa shape index (κ1) is 9.67. The van der Waals surface area contributed by atoms with E-state index in [1.54, 1.807) is 24.3 Å². The average Bonchev–Trinajstić information content (AvgIpc) is 2.01. The Morgan fingerprint density at radius 1 is 1.58 bits per heavy atom. The molecule has 0 amide bonds. The van der Waals surface area contributed by atoms with E-state index in [4.69, 9.17) is 11.6 Å². The summed E-state index contributed by atoms with van der Waals surface area (Å²) in [7, 11) is 0. The molecule has 0 fully saturated rings. The maximum Gasteiger partial charge on any atom is 0.0409 e. The van der Waals surface area contributed by atoms with Crippen molar-refractivity contribution in [3.05, 3.63) is 34.9 Å². The predicted molar refractivity (Wildman–Crippen MR) is 47.2 cm³/mol. The van der Waals surface area contributed by atoms with Gasteiger partial charge in [-0.2, -0.15) is 0 Å². The summed E-state index contributed by atoms with van der Waals surface area (Å²) in [4.78, 5) is 0. The number of hydrogen-bond donors (Lipinski definition) is 1. The molecule has 0 aromatic heterocycles. The zero-order valence-corrected chi connectivity index (χ0v) is 7.69. The number of halogens is 1. The highest BCUT2D eigenvalue weighted by Gasteiger charge is 1.92. The standard InChI is InChI=1S/C7H8ClNO2S/c8-7-3-1-2-6(4-7)5-9-12(10)11/h1-4,9H,5H2,(H,10,11)/p-1. The molecule has 1 N–H and O–H groups in total. The van der Waals surface area contributed by atoms with Crippen LogP contribution in [0.5, 0.6) is 0 Å². The summed E-state index contributed by atoms with van der Waals surface area (Å²) in [5, 5.41) is 0.603. The van der Waals surface area contributed by atoms with Gasteiger partial charge in [-0.1, -0.05) is 23.7 Å². The zero-order chi connectivity index (χ0) is 8.97. The molecular formula is C7H7ClNO2S-. The maximum absolute atomic E-state index is 10.1. The molecule has 1 aromatic carbocycles. The Balaban J connectivity index is 2.57. The molecule has 0 radical (unpaired) electrons. The van der Waals surface area contributed by atoms with Crippen LogP contribution in [-0.4, -0.2) is 8.76 Å². The van der Waals surface area contributed by atoms with Crippen LogP contribution in [0.15, 0.2) is 24.3 Å². The fourth-order valence-corrected chi connectivity index (χ4v) is 1.29. The largest absolute Gasteiger partial charge is 0.760 e. The lowest BCUT2D eigenvalue weighted by Crippen LogP contribution is -2.15. The van der Waals surface area contributed by atoms with Gasteiger partial charge in [0.2, 0.25) is 0 Å². The van der Waals surface area contributed by atoms with Gasteiger partial charge in [-0.25, -0.2) is 4.72 Å². The molecule has 1 rings (SSSR count). The predicted octanol–water partition coefficient (Wildman–Crippen LogP) is 1.22. The van der Waals surface area contributed by atoms with Crippen LogP contribution in [0.4, 0.5) is 0 Å². The van der Waals surface area contributed by atoms with E-state index in [0.29, 0.717) is 5.02 Å². The van der Waals surface area contributed by atoms with Gasteiger partial charge in [0.25, 0.3) is 0 Å². The van der Waals surface area contributed by atoms with Gasteiger partial charge >= 0.3 is 0 Å². The molecular weight excluding hydrogens is 198 g/mol. The molecule has 0 heterocycles. The third-order valence-corrected chi connectivity index (χ3v) is 1.90. The quantitative estimate of drug-likeness (QED) is 0.753. The summed E-state index contributed by atoms with van der Waals surface area (Å²) in [6.07, 6.45) is 0. The van der Waals surface area contributed by atoms with Crippen LogP contribution in [-0.2, 0) is 17.8 Å². The molecule has 0 aliphatic heterocycles. The molecule has 1 aromatic rings. The van der Waals surface area contributed by atoms with Crippen LogP contribution in [0.25, 0.3) is 0 Å². The normalized spacial score (nSPS) is 12.8. The van der Waals surface area contributed by atoms with Gasteiger partial charge in [0.1, 0.15) is 0 Å². The summed E-state index contributed by atoms with van der Waals surface area (Å²) < 4.78 is 22.5. The third kappa shape index (κ3) is 3.32. The second-order valence-corrected chi connectivity index (χ2v) is 3.38. The lowest BCUT2D eigenvalue weighted by atomic mass is 10.2. The van der Waals surface area contributed by atoms with Crippen molar-refractivity contribution in [2.45, 2.75) is 6.54 Å². The molecule has 0 spiro atoms. The van der Waals surface area contributed by atoms with Crippen LogP contribution >= 0.6 is 11.6 Å². The second kappa shape index (κ2) is 4.57. The fourth-order valence-electron chi connectivity index (χ4n) is 0.789. The summed E-state index contributed by atoms with van der Waals surface area (Å²) >= 11 is 3.46. The molecule has 66 valence electrons. The van der Waals surface area contributed by atoms with Crippen molar-refractivity contribution >= 4 is 22.9 Å². The Hall–Kier alpha value is -0.420.